The molecular formula is C18H22N4O3. The van der Waals surface area contributed by atoms with Crippen LogP contribution in [0.3, 0.4) is 0 Å². The van der Waals surface area contributed by atoms with E-state index in [-0.39, 0.29) is 12.0 Å². The fourth-order valence-electron chi connectivity index (χ4n) is 3.91. The van der Waals surface area contributed by atoms with Crippen molar-refractivity contribution in [2.75, 3.05) is 26.7 Å². The fourth-order valence-corrected chi connectivity index (χ4v) is 3.91. The second-order valence-electron chi connectivity index (χ2n) is 7.02. The molecule has 2 aliphatic rings. The first-order valence-corrected chi connectivity index (χ1v) is 8.61. The van der Waals surface area contributed by atoms with E-state index in [1.807, 2.05) is 36.1 Å². The van der Waals surface area contributed by atoms with Crippen LogP contribution in [0.4, 0.5) is 4.79 Å². The van der Waals surface area contributed by atoms with Gasteiger partial charge in [-0.25, -0.2) is 9.78 Å². The van der Waals surface area contributed by atoms with Gasteiger partial charge in [-0.1, -0.05) is 12.1 Å². The monoisotopic (exact) mass is 342 g/mol. The number of benzene rings is 1. The topological polar surface area (TPSA) is 67.7 Å². The van der Waals surface area contributed by atoms with Crippen LogP contribution in [0.5, 0.6) is 0 Å². The average molecular weight is 342 g/mol. The molecule has 0 radical (unpaired) electrons. The number of hydrogen-bond acceptors (Lipinski definition) is 4. The molecule has 3 heterocycles. The van der Waals surface area contributed by atoms with Crippen LogP contribution in [-0.4, -0.2) is 63.6 Å². The van der Waals surface area contributed by atoms with Gasteiger partial charge in [-0.05, 0) is 19.1 Å². The van der Waals surface area contributed by atoms with Crippen LogP contribution in [0.25, 0.3) is 11.0 Å². The number of aromatic nitrogens is 2. The minimum atomic E-state index is -0.515. The summed E-state index contributed by atoms with van der Waals surface area (Å²) >= 11 is 0. The molecule has 0 unspecified atom stereocenters. The van der Waals surface area contributed by atoms with Gasteiger partial charge < -0.3 is 19.1 Å². The molecule has 7 heteroatoms. The number of imidazole rings is 1. The van der Waals surface area contributed by atoms with Crippen LogP contribution >= 0.6 is 0 Å². The molecule has 1 aromatic heterocycles. The Hall–Kier alpha value is -2.57. The summed E-state index contributed by atoms with van der Waals surface area (Å²) in [6, 6.07) is 7.96. The van der Waals surface area contributed by atoms with Crippen LogP contribution in [0.2, 0.25) is 0 Å². The first-order chi connectivity index (χ1) is 12.0. The molecule has 0 saturated carbocycles. The van der Waals surface area contributed by atoms with Gasteiger partial charge in [0.1, 0.15) is 5.82 Å². The summed E-state index contributed by atoms with van der Waals surface area (Å²) in [5, 5.41) is 0. The van der Waals surface area contributed by atoms with Crippen LogP contribution < -0.4 is 0 Å². The molecule has 2 aliphatic heterocycles. The maximum absolute atomic E-state index is 12.6. The van der Waals surface area contributed by atoms with Gasteiger partial charge >= 0.3 is 6.09 Å². The van der Waals surface area contributed by atoms with E-state index >= 15 is 0 Å². The summed E-state index contributed by atoms with van der Waals surface area (Å²) in [6.45, 7) is 4.26. The van der Waals surface area contributed by atoms with Crippen molar-refractivity contribution in [3.8, 4) is 0 Å². The van der Waals surface area contributed by atoms with Crippen molar-refractivity contribution in [2.24, 2.45) is 0 Å². The highest BCUT2D eigenvalue weighted by atomic mass is 16.6. The third-order valence-corrected chi connectivity index (χ3v) is 5.20. The standard InChI is InChI=1S/C18H22N4O3/c1-13-19-14-5-3-4-6-15(14)22(13)9-7-16(23)21-10-8-18(12-21)11-20(2)17(24)25-18/h3-6H,7-12H2,1-2H3/t18-/m1/s1. The van der Waals surface area contributed by atoms with Crippen LogP contribution in [0, 0.1) is 6.92 Å². The second kappa shape index (κ2) is 5.75. The van der Waals surface area contributed by atoms with E-state index in [2.05, 4.69) is 9.55 Å². The second-order valence-corrected chi connectivity index (χ2v) is 7.02. The normalized spacial score (nSPS) is 23.0. The van der Waals surface area contributed by atoms with E-state index in [1.54, 1.807) is 11.9 Å². The molecule has 1 aromatic carbocycles. The van der Waals surface area contributed by atoms with Crippen molar-refractivity contribution in [3.05, 3.63) is 30.1 Å². The van der Waals surface area contributed by atoms with Crippen molar-refractivity contribution in [1.29, 1.82) is 0 Å². The Morgan fingerprint density at radius 1 is 1.32 bits per heavy atom. The number of rotatable bonds is 3. The zero-order valence-corrected chi connectivity index (χ0v) is 14.6. The van der Waals surface area contributed by atoms with Crippen LogP contribution in [-0.2, 0) is 16.1 Å². The molecule has 2 saturated heterocycles. The van der Waals surface area contributed by atoms with E-state index in [4.69, 9.17) is 4.74 Å². The summed E-state index contributed by atoms with van der Waals surface area (Å²) in [7, 11) is 1.73. The fraction of sp³-hybridized carbons (Fsp3) is 0.500. The number of amides is 2. The quantitative estimate of drug-likeness (QED) is 0.853. The highest BCUT2D eigenvalue weighted by Gasteiger charge is 2.49. The van der Waals surface area contributed by atoms with Gasteiger partial charge in [0.15, 0.2) is 5.60 Å². The van der Waals surface area contributed by atoms with Gasteiger partial charge in [-0.2, -0.15) is 0 Å². The largest absolute Gasteiger partial charge is 0.439 e. The average Bonchev–Trinajstić information content (AvgIpc) is 3.21. The molecule has 132 valence electrons. The molecule has 2 amide bonds. The smallest absolute Gasteiger partial charge is 0.410 e. The van der Waals surface area contributed by atoms with Gasteiger partial charge in [-0.3, -0.25) is 4.79 Å². The Bertz CT molecular complexity index is 846. The van der Waals surface area contributed by atoms with Gasteiger partial charge in [-0.15, -0.1) is 0 Å². The maximum Gasteiger partial charge on any atom is 0.410 e. The zero-order valence-electron chi connectivity index (χ0n) is 14.6. The number of fused-ring (bicyclic) bond motifs is 1. The number of ether oxygens (including phenoxy) is 1. The lowest BCUT2D eigenvalue weighted by Crippen LogP contribution is -2.39. The molecule has 0 aliphatic carbocycles. The van der Waals surface area contributed by atoms with Gasteiger partial charge in [0.05, 0.1) is 24.1 Å². The third kappa shape index (κ3) is 2.73. The SMILES string of the molecule is Cc1nc2ccccc2n1CCC(=O)N1CC[C@@]2(CN(C)C(=O)O2)C1. The minimum absolute atomic E-state index is 0.0969. The number of likely N-dealkylation sites (tertiary alicyclic amines) is 1. The Balaban J connectivity index is 1.41. The van der Waals surface area contributed by atoms with E-state index in [9.17, 15) is 9.59 Å². The summed E-state index contributed by atoms with van der Waals surface area (Å²) in [5.74, 6) is 1.01. The number of nitrogens with zero attached hydrogens (tertiary/aromatic N) is 4. The highest BCUT2D eigenvalue weighted by Crippen LogP contribution is 2.32. The first-order valence-electron chi connectivity index (χ1n) is 8.61. The van der Waals surface area contributed by atoms with Crippen LogP contribution in [0.15, 0.2) is 24.3 Å². The Morgan fingerprint density at radius 3 is 2.88 bits per heavy atom. The van der Waals surface area contributed by atoms with E-state index < -0.39 is 5.60 Å². The number of hydrogen-bond donors (Lipinski definition) is 0. The third-order valence-electron chi connectivity index (χ3n) is 5.20. The van der Waals surface area contributed by atoms with Gasteiger partial charge in [0.2, 0.25) is 5.91 Å². The van der Waals surface area contributed by atoms with Crippen molar-refractivity contribution in [1.82, 2.24) is 19.4 Å². The van der Waals surface area contributed by atoms with E-state index in [1.165, 1.54) is 0 Å². The molecule has 1 spiro atoms. The Labute approximate surface area is 146 Å². The number of aryl methyl sites for hydroxylation is 2. The molecular weight excluding hydrogens is 320 g/mol. The van der Waals surface area contributed by atoms with E-state index in [0.717, 1.165) is 16.9 Å². The number of carbonyl (C=O) groups excluding carboxylic acids is 2. The zero-order chi connectivity index (χ0) is 17.6. The predicted octanol–water partition coefficient (Wildman–Crippen LogP) is 1.79. The molecule has 7 nitrogen and oxygen atoms in total. The molecule has 1 atom stereocenters. The number of likely N-dealkylation sites (N-methyl/N-ethyl adjacent to an activating group) is 1. The molecule has 2 aromatic rings. The molecule has 0 bridgehead atoms. The Kier molecular flexibility index (Phi) is 3.67. The summed E-state index contributed by atoms with van der Waals surface area (Å²) in [4.78, 5) is 32.2. The molecule has 4 rings (SSSR count). The lowest BCUT2D eigenvalue weighted by atomic mass is 10.0. The minimum Gasteiger partial charge on any atom is -0.439 e. The van der Waals surface area contributed by atoms with Crippen molar-refractivity contribution < 1.29 is 14.3 Å². The summed E-state index contributed by atoms with van der Waals surface area (Å²) in [5.41, 5.74) is 1.49. The van der Waals surface area contributed by atoms with Gasteiger partial charge in [0.25, 0.3) is 0 Å². The molecule has 0 N–H and O–H groups in total. The van der Waals surface area contributed by atoms with E-state index in [0.29, 0.717) is 39.0 Å². The lowest BCUT2D eigenvalue weighted by Gasteiger charge is -2.22. The summed E-state index contributed by atoms with van der Waals surface area (Å²) in [6.07, 6.45) is 0.831. The first kappa shape index (κ1) is 15.9. The number of carbonyl (C=O) groups is 2. The maximum atomic E-state index is 12.6. The van der Waals surface area contributed by atoms with Crippen molar-refractivity contribution >= 4 is 23.0 Å². The van der Waals surface area contributed by atoms with Crippen LogP contribution in [0.1, 0.15) is 18.7 Å². The summed E-state index contributed by atoms with van der Waals surface area (Å²) < 4.78 is 7.59. The van der Waals surface area contributed by atoms with Crippen molar-refractivity contribution in [2.45, 2.75) is 31.9 Å². The predicted molar refractivity (Wildman–Crippen MR) is 92.1 cm³/mol. The molecule has 25 heavy (non-hydrogen) atoms. The lowest BCUT2D eigenvalue weighted by molar-refractivity contribution is -0.131. The molecule has 2 fully saturated rings. The van der Waals surface area contributed by atoms with Gasteiger partial charge in [0, 0.05) is 33.0 Å². The Morgan fingerprint density at radius 2 is 2.12 bits per heavy atom. The van der Waals surface area contributed by atoms with Crippen molar-refractivity contribution in [3.63, 3.8) is 0 Å². The number of para-hydroxylation sites is 2. The highest BCUT2D eigenvalue weighted by molar-refractivity contribution is 5.79.